The van der Waals surface area contributed by atoms with E-state index in [0.29, 0.717) is 6.61 Å². The van der Waals surface area contributed by atoms with Crippen LogP contribution in [-0.4, -0.2) is 9.97 Å². The molecule has 31 heavy (non-hydrogen) atoms. The van der Waals surface area contributed by atoms with Crippen LogP contribution in [-0.2, 0) is 6.61 Å². The Hall–Kier alpha value is -4.11. The Morgan fingerprint density at radius 2 is 1.23 bits per heavy atom. The molecule has 0 unspecified atom stereocenters. The molecule has 3 nitrogen and oxygen atoms in total. The quantitative estimate of drug-likeness (QED) is 0.332. The van der Waals surface area contributed by atoms with Crippen molar-refractivity contribution >= 4 is 0 Å². The third-order valence-corrected chi connectivity index (χ3v) is 5.17. The monoisotopic (exact) mass is 402 g/mol. The molecule has 1 aromatic heterocycles. The number of hydrogen-bond acceptors (Lipinski definition) is 2. The van der Waals surface area contributed by atoms with Gasteiger partial charge in [0.05, 0.1) is 11.4 Å². The molecule has 0 amide bonds. The fourth-order valence-electron chi connectivity index (χ4n) is 3.60. The predicted octanol–water partition coefficient (Wildman–Crippen LogP) is 6.99. The van der Waals surface area contributed by atoms with Crippen LogP contribution in [0.3, 0.4) is 0 Å². The zero-order valence-corrected chi connectivity index (χ0v) is 17.0. The second kappa shape index (κ2) is 8.72. The van der Waals surface area contributed by atoms with E-state index < -0.39 is 0 Å². The van der Waals surface area contributed by atoms with E-state index in [1.807, 2.05) is 72.8 Å². The van der Waals surface area contributed by atoms with Gasteiger partial charge in [-0.2, -0.15) is 0 Å². The van der Waals surface area contributed by atoms with Crippen LogP contribution in [0.1, 0.15) is 5.56 Å². The Kier molecular flexibility index (Phi) is 5.31. The average Bonchev–Trinajstić information content (AvgIpc) is 3.30. The summed E-state index contributed by atoms with van der Waals surface area (Å²) in [5, 5.41) is 0. The summed E-state index contributed by atoms with van der Waals surface area (Å²) in [5.41, 5.74) is 6.28. The van der Waals surface area contributed by atoms with Gasteiger partial charge in [-0.05, 0) is 17.7 Å². The number of aromatic amines is 1. The van der Waals surface area contributed by atoms with Gasteiger partial charge in [0.25, 0.3) is 0 Å². The van der Waals surface area contributed by atoms with Gasteiger partial charge in [0.15, 0.2) is 0 Å². The topological polar surface area (TPSA) is 37.9 Å². The van der Waals surface area contributed by atoms with Crippen LogP contribution >= 0.6 is 0 Å². The molecule has 5 rings (SSSR count). The number of nitrogens with zero attached hydrogens (tertiary/aromatic N) is 1. The molecule has 5 aromatic rings. The van der Waals surface area contributed by atoms with Crippen molar-refractivity contribution in [2.75, 3.05) is 0 Å². The number of hydrogen-bond donors (Lipinski definition) is 1. The molecule has 1 heterocycles. The van der Waals surface area contributed by atoms with E-state index in [2.05, 4.69) is 47.4 Å². The van der Waals surface area contributed by atoms with Crippen molar-refractivity contribution in [3.8, 4) is 39.7 Å². The van der Waals surface area contributed by atoms with Crippen molar-refractivity contribution in [3.05, 3.63) is 121 Å². The Morgan fingerprint density at radius 3 is 1.94 bits per heavy atom. The number of H-pyrrole nitrogens is 1. The maximum Gasteiger partial charge on any atom is 0.138 e. The molecule has 0 aliphatic rings. The fourth-order valence-corrected chi connectivity index (χ4v) is 3.60. The predicted molar refractivity (Wildman–Crippen MR) is 126 cm³/mol. The lowest BCUT2D eigenvalue weighted by Crippen LogP contribution is -1.95. The molecule has 0 atom stereocenters. The molecule has 0 saturated heterocycles. The van der Waals surface area contributed by atoms with E-state index in [-0.39, 0.29) is 0 Å². The maximum atomic E-state index is 6.02. The van der Waals surface area contributed by atoms with Crippen LogP contribution in [0.25, 0.3) is 33.9 Å². The summed E-state index contributed by atoms with van der Waals surface area (Å²) in [6, 6.07) is 38.8. The summed E-state index contributed by atoms with van der Waals surface area (Å²) in [6.07, 6.45) is 0. The minimum atomic E-state index is 0.535. The van der Waals surface area contributed by atoms with Gasteiger partial charge in [-0.15, -0.1) is 0 Å². The maximum absolute atomic E-state index is 6.02. The highest BCUT2D eigenvalue weighted by atomic mass is 16.5. The summed E-state index contributed by atoms with van der Waals surface area (Å²) in [6.45, 7) is 0.535. The van der Waals surface area contributed by atoms with Gasteiger partial charge in [0.1, 0.15) is 18.2 Å². The van der Waals surface area contributed by atoms with Crippen LogP contribution in [0.2, 0.25) is 0 Å². The number of benzene rings is 4. The Morgan fingerprint density at radius 1 is 0.613 bits per heavy atom. The van der Waals surface area contributed by atoms with Crippen LogP contribution in [0.4, 0.5) is 0 Å². The minimum absolute atomic E-state index is 0.535. The molecular weight excluding hydrogens is 380 g/mol. The van der Waals surface area contributed by atoms with Crippen molar-refractivity contribution < 1.29 is 4.74 Å². The van der Waals surface area contributed by atoms with Crippen molar-refractivity contribution in [2.24, 2.45) is 0 Å². The zero-order chi connectivity index (χ0) is 20.9. The van der Waals surface area contributed by atoms with E-state index in [1.165, 1.54) is 0 Å². The summed E-state index contributed by atoms with van der Waals surface area (Å²) in [5.74, 6) is 1.64. The number of aromatic nitrogens is 2. The molecule has 150 valence electrons. The number of imidazole rings is 1. The second-order valence-corrected chi connectivity index (χ2v) is 7.34. The zero-order valence-electron chi connectivity index (χ0n) is 17.0. The Labute approximate surface area is 182 Å². The van der Waals surface area contributed by atoms with Crippen molar-refractivity contribution in [3.63, 3.8) is 0 Å². The first-order valence-electron chi connectivity index (χ1n) is 10.3. The lowest BCUT2D eigenvalue weighted by Gasteiger charge is -2.07. The second-order valence-electron chi connectivity index (χ2n) is 7.34. The third kappa shape index (κ3) is 4.26. The first-order valence-corrected chi connectivity index (χ1v) is 10.3. The highest BCUT2D eigenvalue weighted by Gasteiger charge is 2.15. The van der Waals surface area contributed by atoms with Crippen LogP contribution in [0, 0.1) is 0 Å². The minimum Gasteiger partial charge on any atom is -0.489 e. The average molecular weight is 402 g/mol. The molecule has 0 spiro atoms. The number of ether oxygens (including phenoxy) is 1. The molecule has 0 saturated carbocycles. The highest BCUT2D eigenvalue weighted by Crippen LogP contribution is 2.33. The van der Waals surface area contributed by atoms with E-state index in [9.17, 15) is 0 Å². The first kappa shape index (κ1) is 18.9. The summed E-state index contributed by atoms with van der Waals surface area (Å²) in [4.78, 5) is 8.52. The summed E-state index contributed by atoms with van der Waals surface area (Å²) in [7, 11) is 0. The van der Waals surface area contributed by atoms with Gasteiger partial charge >= 0.3 is 0 Å². The molecule has 0 radical (unpaired) electrons. The van der Waals surface area contributed by atoms with Gasteiger partial charge in [0, 0.05) is 16.7 Å². The van der Waals surface area contributed by atoms with Crippen LogP contribution < -0.4 is 4.74 Å². The Balaban J connectivity index is 1.50. The lowest BCUT2D eigenvalue weighted by atomic mass is 10.1. The van der Waals surface area contributed by atoms with E-state index in [1.54, 1.807) is 0 Å². The van der Waals surface area contributed by atoms with Crippen LogP contribution in [0.5, 0.6) is 5.75 Å². The van der Waals surface area contributed by atoms with Gasteiger partial charge in [-0.25, -0.2) is 4.98 Å². The highest BCUT2D eigenvalue weighted by molar-refractivity contribution is 5.81. The largest absolute Gasteiger partial charge is 0.489 e. The third-order valence-electron chi connectivity index (χ3n) is 5.17. The molecular formula is C28H22N2O. The lowest BCUT2D eigenvalue weighted by molar-refractivity contribution is 0.306. The van der Waals surface area contributed by atoms with E-state index >= 15 is 0 Å². The van der Waals surface area contributed by atoms with E-state index in [0.717, 1.165) is 45.2 Å². The van der Waals surface area contributed by atoms with Crippen molar-refractivity contribution in [2.45, 2.75) is 6.61 Å². The van der Waals surface area contributed by atoms with Gasteiger partial charge < -0.3 is 9.72 Å². The smallest absolute Gasteiger partial charge is 0.138 e. The fraction of sp³-hybridized carbons (Fsp3) is 0.0357. The van der Waals surface area contributed by atoms with Gasteiger partial charge in [0.2, 0.25) is 0 Å². The molecule has 4 aromatic carbocycles. The van der Waals surface area contributed by atoms with Gasteiger partial charge in [-0.1, -0.05) is 103 Å². The summed E-state index contributed by atoms with van der Waals surface area (Å²) < 4.78 is 6.02. The number of nitrogens with one attached hydrogen (secondary N) is 1. The van der Waals surface area contributed by atoms with Crippen molar-refractivity contribution in [1.82, 2.24) is 9.97 Å². The molecule has 3 heteroatoms. The molecule has 1 N–H and O–H groups in total. The first-order chi connectivity index (χ1) is 15.4. The standard InChI is InChI=1S/C28H22N2O/c1-4-11-21(12-5-1)20-31-25-18-10-17-24(19-25)28-29-26(22-13-6-2-7-14-22)27(30-28)23-15-8-3-9-16-23/h1-19H,20H2,(H,29,30). The van der Waals surface area contributed by atoms with Gasteiger partial charge in [-0.3, -0.25) is 0 Å². The molecule has 0 aliphatic carbocycles. The van der Waals surface area contributed by atoms with E-state index in [4.69, 9.17) is 9.72 Å². The molecule has 0 fully saturated rings. The van der Waals surface area contributed by atoms with Crippen LogP contribution in [0.15, 0.2) is 115 Å². The summed E-state index contributed by atoms with van der Waals surface area (Å²) >= 11 is 0. The molecule has 0 aliphatic heterocycles. The Bertz CT molecular complexity index is 1210. The normalized spacial score (nSPS) is 10.7. The SMILES string of the molecule is c1ccc(COc2cccc(-c3nc(-c4ccccc4)c(-c4ccccc4)[nH]3)c2)cc1. The van der Waals surface area contributed by atoms with Crippen molar-refractivity contribution in [1.29, 1.82) is 0 Å². The molecule has 0 bridgehead atoms. The number of rotatable bonds is 6.